The standard InChI is InChI=1S/2C2H5NO.2BrH/c2*1-2(3)4;;/h2*1H3,(H2,3,4);2*1H. The van der Waals surface area contributed by atoms with Gasteiger partial charge in [-0.2, -0.15) is 0 Å². The Morgan fingerprint density at radius 1 is 0.900 bits per heavy atom. The molecule has 0 spiro atoms. The highest BCUT2D eigenvalue weighted by Gasteiger charge is 1.69. The lowest BCUT2D eigenvalue weighted by Crippen LogP contribution is -3.00. The van der Waals surface area contributed by atoms with Gasteiger partial charge < -0.3 is 34.0 Å². The molecule has 6 heteroatoms. The number of rotatable bonds is 0. The molecule has 64 valence electrons. The van der Waals surface area contributed by atoms with Gasteiger partial charge in [-0.3, -0.25) is 11.5 Å². The average molecular weight is 280 g/mol. The van der Waals surface area contributed by atoms with Gasteiger partial charge in [-0.25, -0.2) is 9.59 Å². The van der Waals surface area contributed by atoms with Crippen molar-refractivity contribution in [3.05, 3.63) is 0 Å². The molecule has 0 saturated carbocycles. The van der Waals surface area contributed by atoms with Crippen LogP contribution in [0, 0.1) is 0 Å². The lowest BCUT2D eigenvalue weighted by molar-refractivity contribution is -0.303. The first-order chi connectivity index (χ1) is 3.46. The van der Waals surface area contributed by atoms with Gasteiger partial charge in [0.25, 0.3) is 0 Å². The summed E-state index contributed by atoms with van der Waals surface area (Å²) >= 11 is 0. The van der Waals surface area contributed by atoms with E-state index in [0.29, 0.717) is 0 Å². The van der Waals surface area contributed by atoms with Crippen LogP contribution in [0.3, 0.4) is 0 Å². The topological polar surface area (TPSA) is 89.4 Å². The van der Waals surface area contributed by atoms with Gasteiger partial charge in [0.05, 0.1) is 13.8 Å². The highest BCUT2D eigenvalue weighted by Crippen LogP contribution is 1.28. The maximum atomic E-state index is 9.33. The van der Waals surface area contributed by atoms with Crippen molar-refractivity contribution in [1.29, 1.82) is 0 Å². The molecule has 0 heterocycles. The number of quaternary nitrogens is 2. The first-order valence-corrected chi connectivity index (χ1v) is 2.12. The van der Waals surface area contributed by atoms with E-state index >= 15 is 0 Å². The van der Waals surface area contributed by atoms with Gasteiger partial charge in [0.2, 0.25) is 0 Å². The Kier molecular flexibility index (Phi) is 36.2. The molecule has 0 atom stereocenters. The molecule has 2 amide bonds. The Hall–Kier alpha value is 0.220. The van der Waals surface area contributed by atoms with Gasteiger partial charge in [-0.15, -0.1) is 0 Å². The van der Waals surface area contributed by atoms with Crippen molar-refractivity contribution in [3.63, 3.8) is 0 Å². The number of carbonyl (C=O) groups is 2. The quantitative estimate of drug-likeness (QED) is 0.461. The van der Waals surface area contributed by atoms with E-state index in [0.717, 1.165) is 0 Å². The smallest absolute Gasteiger partial charge is 0.305 e. The third kappa shape index (κ3) is 8850. The van der Waals surface area contributed by atoms with Crippen molar-refractivity contribution in [2.75, 3.05) is 0 Å². The summed E-state index contributed by atoms with van der Waals surface area (Å²) in [4.78, 5) is 18.7. The zero-order valence-corrected chi connectivity index (χ0v) is 9.16. The van der Waals surface area contributed by atoms with Gasteiger partial charge in [0.15, 0.2) is 0 Å². The summed E-state index contributed by atoms with van der Waals surface area (Å²) in [6, 6.07) is 0. The van der Waals surface area contributed by atoms with Crippen LogP contribution in [-0.2, 0) is 9.59 Å². The van der Waals surface area contributed by atoms with E-state index in [1.54, 1.807) is 0 Å². The van der Waals surface area contributed by atoms with E-state index in [2.05, 4.69) is 11.5 Å². The van der Waals surface area contributed by atoms with Crippen LogP contribution < -0.4 is 45.4 Å². The molecule has 0 bridgehead atoms. The van der Waals surface area contributed by atoms with Gasteiger partial charge in [-0.05, 0) is 0 Å². The average Bonchev–Trinajstić information content (AvgIpc) is 1.25. The Labute approximate surface area is 80.9 Å². The minimum atomic E-state index is -0.0833. The summed E-state index contributed by atoms with van der Waals surface area (Å²) in [5.41, 5.74) is 6.00. The lowest BCUT2D eigenvalue weighted by atomic mass is 10.8. The highest BCUT2D eigenvalue weighted by molar-refractivity contribution is 5.60. The van der Waals surface area contributed by atoms with Crippen LogP contribution in [0.5, 0.6) is 0 Å². The third-order valence-corrected chi connectivity index (χ3v) is 0. The van der Waals surface area contributed by atoms with Crippen molar-refractivity contribution in [1.82, 2.24) is 0 Å². The number of hydrogen-bond acceptors (Lipinski definition) is 2. The monoisotopic (exact) mass is 278 g/mol. The Morgan fingerprint density at radius 2 is 0.900 bits per heavy atom. The second-order valence-electron chi connectivity index (χ2n) is 1.40. The summed E-state index contributed by atoms with van der Waals surface area (Å²) in [6.45, 7) is 2.83. The van der Waals surface area contributed by atoms with E-state index in [9.17, 15) is 9.59 Å². The molecule has 0 rings (SSSR count). The summed E-state index contributed by atoms with van der Waals surface area (Å²) in [7, 11) is 0. The van der Waals surface area contributed by atoms with Crippen LogP contribution in [0.4, 0.5) is 0 Å². The molecular weight excluding hydrogens is 268 g/mol. The molecule has 0 fully saturated rings. The van der Waals surface area contributed by atoms with E-state index in [4.69, 9.17) is 0 Å². The predicted octanol–water partition coefficient (Wildman–Crippen LogP) is -8.44. The highest BCUT2D eigenvalue weighted by atomic mass is 79.9. The molecule has 0 aromatic rings. The summed E-state index contributed by atoms with van der Waals surface area (Å²) in [6.07, 6.45) is 0. The molecule has 0 aromatic heterocycles. The summed E-state index contributed by atoms with van der Waals surface area (Å²) in [5.74, 6) is -0.167. The maximum Gasteiger partial charge on any atom is 0.305 e. The Bertz CT molecular complexity index is 77.3. The minimum absolute atomic E-state index is 0. The van der Waals surface area contributed by atoms with E-state index in [1.807, 2.05) is 0 Å². The number of amides is 2. The fraction of sp³-hybridized carbons (Fsp3) is 0.500. The van der Waals surface area contributed by atoms with Crippen LogP contribution in [0.25, 0.3) is 0 Å². The third-order valence-electron chi connectivity index (χ3n) is 0. The normalized spacial score (nSPS) is 5.20. The lowest BCUT2D eigenvalue weighted by Gasteiger charge is -1.53. The van der Waals surface area contributed by atoms with Crippen LogP contribution in [0.2, 0.25) is 0 Å². The number of halogens is 2. The molecule has 0 aliphatic carbocycles. The molecule has 0 unspecified atom stereocenters. The van der Waals surface area contributed by atoms with Gasteiger partial charge >= 0.3 is 11.8 Å². The second-order valence-corrected chi connectivity index (χ2v) is 1.40. The SMILES string of the molecule is CC([NH3+])=O.CC([NH3+])=O.[Br-].[Br-]. The maximum absolute atomic E-state index is 9.33. The van der Waals surface area contributed by atoms with Gasteiger partial charge in [-0.1, -0.05) is 0 Å². The molecule has 0 aromatic carbocycles. The predicted molar refractivity (Wildman–Crippen MR) is 27.1 cm³/mol. The van der Waals surface area contributed by atoms with Crippen molar-refractivity contribution < 1.29 is 55.0 Å². The first kappa shape index (κ1) is 22.5. The molecule has 0 saturated heterocycles. The molecule has 4 nitrogen and oxygen atoms in total. The molecular formula is C4H12Br2N2O2. The Balaban J connectivity index is -0.0000000300. The van der Waals surface area contributed by atoms with Crippen LogP contribution >= 0.6 is 0 Å². The molecule has 0 radical (unpaired) electrons. The van der Waals surface area contributed by atoms with Gasteiger partial charge in [0, 0.05) is 0 Å². The number of hydrogen-bond donors (Lipinski definition) is 2. The zero-order chi connectivity index (χ0) is 7.15. The van der Waals surface area contributed by atoms with E-state index in [1.165, 1.54) is 13.8 Å². The Morgan fingerprint density at radius 3 is 0.900 bits per heavy atom. The van der Waals surface area contributed by atoms with E-state index in [-0.39, 0.29) is 45.8 Å². The van der Waals surface area contributed by atoms with Crippen LogP contribution in [-0.4, -0.2) is 11.8 Å². The number of carbonyl (C=O) groups excluding carboxylic acids is 2. The summed E-state index contributed by atoms with van der Waals surface area (Å²) in [5, 5.41) is 0. The first-order valence-electron chi connectivity index (χ1n) is 2.12. The fourth-order valence-electron chi connectivity index (χ4n) is 0. The van der Waals surface area contributed by atoms with Crippen molar-refractivity contribution in [2.24, 2.45) is 0 Å². The zero-order valence-electron chi connectivity index (χ0n) is 5.99. The molecule has 6 N–H and O–H groups in total. The molecule has 0 aliphatic rings. The van der Waals surface area contributed by atoms with E-state index < -0.39 is 0 Å². The van der Waals surface area contributed by atoms with Gasteiger partial charge in [0.1, 0.15) is 0 Å². The largest absolute Gasteiger partial charge is 1.00 e. The molecule has 10 heavy (non-hydrogen) atoms. The fourth-order valence-corrected chi connectivity index (χ4v) is 0. The summed E-state index contributed by atoms with van der Waals surface area (Å²) < 4.78 is 0. The second kappa shape index (κ2) is 16.1. The van der Waals surface area contributed by atoms with Crippen molar-refractivity contribution in [2.45, 2.75) is 13.8 Å². The van der Waals surface area contributed by atoms with Crippen LogP contribution in [0.1, 0.15) is 13.8 Å². The van der Waals surface area contributed by atoms with Crippen LogP contribution in [0.15, 0.2) is 0 Å². The molecule has 0 aliphatic heterocycles. The van der Waals surface area contributed by atoms with Crippen molar-refractivity contribution >= 4 is 11.8 Å². The van der Waals surface area contributed by atoms with Crippen molar-refractivity contribution in [3.8, 4) is 0 Å². The minimum Gasteiger partial charge on any atom is -1.00 e.